The van der Waals surface area contributed by atoms with Gasteiger partial charge in [-0.1, -0.05) is 66.9 Å². The highest BCUT2D eigenvalue weighted by Gasteiger charge is 2.37. The number of aliphatic carboxylic acids is 1. The van der Waals surface area contributed by atoms with Crippen LogP contribution in [0.5, 0.6) is 0 Å². The van der Waals surface area contributed by atoms with Gasteiger partial charge < -0.3 is 15.3 Å². The van der Waals surface area contributed by atoms with Crippen molar-refractivity contribution in [2.45, 2.75) is 92.7 Å². The molecule has 0 aromatic rings. The van der Waals surface area contributed by atoms with Crippen molar-refractivity contribution in [3.63, 3.8) is 0 Å². The summed E-state index contributed by atoms with van der Waals surface area (Å²) in [6, 6.07) is -0.985. The van der Waals surface area contributed by atoms with E-state index in [9.17, 15) is 19.5 Å². The molecule has 0 saturated heterocycles. The summed E-state index contributed by atoms with van der Waals surface area (Å²) in [5, 5.41) is 12.3. The second kappa shape index (κ2) is 12.3. The second-order valence-corrected chi connectivity index (χ2v) is 10.0. The first kappa shape index (κ1) is 27.2. The molecule has 1 aliphatic carbocycles. The van der Waals surface area contributed by atoms with Gasteiger partial charge >= 0.3 is 5.97 Å². The molecule has 0 heterocycles. The fourth-order valence-electron chi connectivity index (χ4n) is 4.69. The van der Waals surface area contributed by atoms with Gasteiger partial charge in [0.2, 0.25) is 11.8 Å². The molecule has 1 saturated carbocycles. The van der Waals surface area contributed by atoms with Gasteiger partial charge in [-0.2, -0.15) is 0 Å². The minimum Gasteiger partial charge on any atom is -0.478 e. The average molecular weight is 437 g/mol. The third kappa shape index (κ3) is 7.36. The number of hydrogen-bond acceptors (Lipinski definition) is 3. The van der Waals surface area contributed by atoms with E-state index in [4.69, 9.17) is 0 Å². The fourth-order valence-corrected chi connectivity index (χ4v) is 4.69. The zero-order valence-electron chi connectivity index (χ0n) is 20.8. The number of amides is 2. The molecular formula is C25H44N2O4. The van der Waals surface area contributed by atoms with E-state index in [-0.39, 0.29) is 41.2 Å². The van der Waals surface area contributed by atoms with Crippen molar-refractivity contribution in [3.8, 4) is 0 Å². The van der Waals surface area contributed by atoms with Gasteiger partial charge in [-0.3, -0.25) is 9.59 Å². The lowest BCUT2D eigenvalue weighted by Crippen LogP contribution is -2.55. The van der Waals surface area contributed by atoms with E-state index in [1.165, 1.54) is 13.3 Å². The summed E-state index contributed by atoms with van der Waals surface area (Å²) in [6.07, 6.45) is 6.85. The smallest absolute Gasteiger partial charge is 0.331 e. The third-order valence-electron chi connectivity index (χ3n) is 7.00. The first-order valence-corrected chi connectivity index (χ1v) is 11.9. The Bertz CT molecular complexity index is 656. The summed E-state index contributed by atoms with van der Waals surface area (Å²) < 4.78 is 0. The van der Waals surface area contributed by atoms with E-state index in [0.717, 1.165) is 25.7 Å². The molecule has 2 N–H and O–H groups in total. The zero-order chi connectivity index (χ0) is 23.9. The molecule has 1 fully saturated rings. The van der Waals surface area contributed by atoms with Crippen LogP contribution in [-0.2, 0) is 14.4 Å². The highest BCUT2D eigenvalue weighted by molar-refractivity contribution is 5.89. The molecule has 31 heavy (non-hydrogen) atoms. The maximum Gasteiger partial charge on any atom is 0.331 e. The monoisotopic (exact) mass is 436 g/mol. The second-order valence-electron chi connectivity index (χ2n) is 10.0. The van der Waals surface area contributed by atoms with E-state index in [1.54, 1.807) is 18.0 Å². The number of nitrogens with one attached hydrogen (secondary N) is 1. The molecular weight excluding hydrogens is 392 g/mol. The van der Waals surface area contributed by atoms with Crippen molar-refractivity contribution in [2.75, 3.05) is 7.05 Å². The van der Waals surface area contributed by atoms with E-state index in [1.807, 2.05) is 27.7 Å². The quantitative estimate of drug-likeness (QED) is 0.494. The molecule has 5 atom stereocenters. The molecule has 0 aliphatic heterocycles. The van der Waals surface area contributed by atoms with Gasteiger partial charge in [-0.25, -0.2) is 4.79 Å². The Morgan fingerprint density at radius 2 is 1.65 bits per heavy atom. The Morgan fingerprint density at radius 3 is 2.13 bits per heavy atom. The van der Waals surface area contributed by atoms with E-state index < -0.39 is 12.0 Å². The molecule has 0 spiro atoms. The van der Waals surface area contributed by atoms with Crippen molar-refractivity contribution < 1.29 is 19.5 Å². The van der Waals surface area contributed by atoms with Crippen LogP contribution >= 0.6 is 0 Å². The number of rotatable bonds is 10. The Morgan fingerprint density at radius 1 is 1.06 bits per heavy atom. The van der Waals surface area contributed by atoms with Crippen LogP contribution in [0.2, 0.25) is 0 Å². The number of carboxylic acids is 1. The Labute approximate surface area is 188 Å². The summed E-state index contributed by atoms with van der Waals surface area (Å²) in [5.41, 5.74) is 0.210. The maximum atomic E-state index is 13.4. The van der Waals surface area contributed by atoms with Gasteiger partial charge in [-0.15, -0.1) is 0 Å². The largest absolute Gasteiger partial charge is 0.478 e. The standard InChI is InChI=1S/C25H44N2O4/c1-9-17(6)19-12-10-11-13-20(19)23(28)26-22(16(4)5)24(29)27(8)21(15(2)3)14-18(7)25(30)31/h14-17,19-22H,9-13H2,1-8H3,(H,26,28)(H,30,31)/b18-14+/t17?,19?,20-,21+,22?/m0/s1. The fraction of sp³-hybridized carbons (Fsp3) is 0.800. The number of carbonyl (C=O) groups excluding carboxylic acids is 2. The van der Waals surface area contributed by atoms with Crippen molar-refractivity contribution in [3.05, 3.63) is 11.6 Å². The Balaban J connectivity index is 3.06. The zero-order valence-corrected chi connectivity index (χ0v) is 20.8. The highest BCUT2D eigenvalue weighted by atomic mass is 16.4. The van der Waals surface area contributed by atoms with Gasteiger partial charge in [0.25, 0.3) is 0 Å². The summed E-state index contributed by atoms with van der Waals surface area (Å²) in [5.74, 6) is -0.394. The number of hydrogen-bond donors (Lipinski definition) is 2. The third-order valence-corrected chi connectivity index (χ3v) is 7.00. The number of carboxylic acid groups (broad SMARTS) is 1. The van der Waals surface area contributed by atoms with Crippen LogP contribution < -0.4 is 5.32 Å². The van der Waals surface area contributed by atoms with Gasteiger partial charge in [0.1, 0.15) is 6.04 Å². The van der Waals surface area contributed by atoms with Crippen molar-refractivity contribution in [2.24, 2.45) is 29.6 Å². The predicted molar refractivity (Wildman–Crippen MR) is 124 cm³/mol. The summed E-state index contributed by atoms with van der Waals surface area (Å²) in [6.45, 7) is 13.7. The molecule has 6 nitrogen and oxygen atoms in total. The van der Waals surface area contributed by atoms with Crippen LogP contribution in [0.25, 0.3) is 0 Å². The van der Waals surface area contributed by atoms with Crippen molar-refractivity contribution >= 4 is 17.8 Å². The van der Waals surface area contributed by atoms with Crippen LogP contribution in [0.15, 0.2) is 11.6 Å². The SMILES string of the molecule is CCC(C)C1CCCC[C@@H]1C(=O)NC(C(=O)N(C)[C@H](/C=C(\C)C(=O)O)C(C)C)C(C)C. The minimum atomic E-state index is -0.992. The molecule has 3 unspecified atom stereocenters. The van der Waals surface area contributed by atoms with E-state index >= 15 is 0 Å². The topological polar surface area (TPSA) is 86.7 Å². The molecule has 0 radical (unpaired) electrons. The van der Waals surface area contributed by atoms with E-state index in [2.05, 4.69) is 19.2 Å². The van der Waals surface area contributed by atoms with Crippen LogP contribution in [0.4, 0.5) is 0 Å². The highest BCUT2D eigenvalue weighted by Crippen LogP contribution is 2.36. The molecule has 0 aromatic carbocycles. The summed E-state index contributed by atoms with van der Waals surface area (Å²) in [7, 11) is 1.70. The summed E-state index contributed by atoms with van der Waals surface area (Å²) in [4.78, 5) is 39.6. The van der Waals surface area contributed by atoms with Crippen LogP contribution in [-0.4, -0.2) is 46.9 Å². The van der Waals surface area contributed by atoms with Crippen molar-refractivity contribution in [1.82, 2.24) is 10.2 Å². The molecule has 6 heteroatoms. The number of nitrogens with zero attached hydrogens (tertiary/aromatic N) is 1. The Hall–Kier alpha value is -1.85. The molecule has 178 valence electrons. The molecule has 1 aliphatic rings. The normalized spacial score (nSPS) is 22.7. The van der Waals surface area contributed by atoms with Crippen molar-refractivity contribution in [1.29, 1.82) is 0 Å². The lowest BCUT2D eigenvalue weighted by Gasteiger charge is -2.37. The van der Waals surface area contributed by atoms with Gasteiger partial charge in [-0.05, 0) is 43.4 Å². The molecule has 0 bridgehead atoms. The lowest BCUT2D eigenvalue weighted by atomic mass is 9.71. The van der Waals surface area contributed by atoms with Crippen LogP contribution in [0.3, 0.4) is 0 Å². The minimum absolute atomic E-state index is 0.0104. The summed E-state index contributed by atoms with van der Waals surface area (Å²) >= 11 is 0. The maximum absolute atomic E-state index is 13.4. The van der Waals surface area contributed by atoms with Gasteiger partial charge in [0, 0.05) is 18.5 Å². The van der Waals surface area contributed by atoms with Gasteiger partial charge in [0.05, 0.1) is 6.04 Å². The van der Waals surface area contributed by atoms with Crippen LogP contribution in [0, 0.1) is 29.6 Å². The average Bonchev–Trinajstić information content (AvgIpc) is 2.73. The molecule has 2 amide bonds. The van der Waals surface area contributed by atoms with Gasteiger partial charge in [0.15, 0.2) is 0 Å². The lowest BCUT2D eigenvalue weighted by molar-refractivity contribution is -0.140. The first-order chi connectivity index (χ1) is 14.4. The Kier molecular flexibility index (Phi) is 10.7. The number of carbonyl (C=O) groups is 3. The predicted octanol–water partition coefficient (Wildman–Crippen LogP) is 4.49. The molecule has 0 aromatic heterocycles. The first-order valence-electron chi connectivity index (χ1n) is 11.9. The van der Waals surface area contributed by atoms with Crippen LogP contribution in [0.1, 0.15) is 80.6 Å². The molecule has 1 rings (SSSR count). The van der Waals surface area contributed by atoms with E-state index in [0.29, 0.717) is 11.8 Å². The number of likely N-dealkylation sites (N-methyl/N-ethyl adjacent to an activating group) is 1.